The maximum absolute atomic E-state index is 9.14. The van der Waals surface area contributed by atoms with E-state index in [9.17, 15) is 0 Å². The van der Waals surface area contributed by atoms with Crippen LogP contribution in [0.25, 0.3) is 0 Å². The molecule has 0 aromatic carbocycles. The van der Waals surface area contributed by atoms with Crippen LogP contribution in [0.2, 0.25) is 0 Å². The van der Waals surface area contributed by atoms with Gasteiger partial charge < -0.3 is 5.11 Å². The zero-order valence-corrected chi connectivity index (χ0v) is 6.39. The molecule has 0 bridgehead atoms. The summed E-state index contributed by atoms with van der Waals surface area (Å²) in [4.78, 5) is 0. The van der Waals surface area contributed by atoms with Crippen LogP contribution in [0.15, 0.2) is 35.1 Å². The number of hydrogen-bond acceptors (Lipinski definition) is 1. The monoisotopic (exact) mass is 136 g/mol. The maximum atomic E-state index is 9.14. The van der Waals surface area contributed by atoms with Crippen molar-refractivity contribution in [2.75, 3.05) is 0 Å². The first-order chi connectivity index (χ1) is 4.75. The Labute approximate surface area is 61.4 Å². The van der Waals surface area contributed by atoms with Crippen LogP contribution in [0.4, 0.5) is 0 Å². The third kappa shape index (κ3) is 1.13. The molecule has 0 aromatic heterocycles. The number of aliphatic hydroxyl groups is 1. The fraction of sp³-hybridized carbons (Fsp3) is 0.333. The SMILES string of the molecule is CCC1=CC=C/C1=C(\C)O. The highest BCUT2D eigenvalue weighted by molar-refractivity contribution is 5.48. The quantitative estimate of drug-likeness (QED) is 0.549. The Hall–Kier alpha value is -0.980. The average molecular weight is 136 g/mol. The van der Waals surface area contributed by atoms with Crippen LogP contribution in [0, 0.1) is 0 Å². The van der Waals surface area contributed by atoms with Crippen molar-refractivity contribution < 1.29 is 5.11 Å². The second-order valence-corrected chi connectivity index (χ2v) is 2.40. The molecule has 1 heteroatoms. The lowest BCUT2D eigenvalue weighted by molar-refractivity contribution is 0.410. The summed E-state index contributed by atoms with van der Waals surface area (Å²) in [5, 5.41) is 9.14. The summed E-state index contributed by atoms with van der Waals surface area (Å²) < 4.78 is 0. The lowest BCUT2D eigenvalue weighted by atomic mass is 10.1. The first kappa shape index (κ1) is 7.13. The third-order valence-corrected chi connectivity index (χ3v) is 1.68. The van der Waals surface area contributed by atoms with E-state index < -0.39 is 0 Å². The highest BCUT2D eigenvalue weighted by Crippen LogP contribution is 2.22. The van der Waals surface area contributed by atoms with E-state index in [1.165, 1.54) is 5.57 Å². The predicted molar refractivity (Wildman–Crippen MR) is 42.8 cm³/mol. The second-order valence-electron chi connectivity index (χ2n) is 2.40. The van der Waals surface area contributed by atoms with Crippen molar-refractivity contribution in [1.82, 2.24) is 0 Å². The van der Waals surface area contributed by atoms with Gasteiger partial charge in [-0.15, -0.1) is 0 Å². The van der Waals surface area contributed by atoms with Crippen LogP contribution in [-0.2, 0) is 0 Å². The summed E-state index contributed by atoms with van der Waals surface area (Å²) in [5.74, 6) is 0.418. The number of rotatable bonds is 1. The van der Waals surface area contributed by atoms with E-state index in [1.807, 2.05) is 18.2 Å². The van der Waals surface area contributed by atoms with Crippen molar-refractivity contribution >= 4 is 0 Å². The van der Waals surface area contributed by atoms with Gasteiger partial charge in [0.1, 0.15) is 0 Å². The molecule has 54 valence electrons. The van der Waals surface area contributed by atoms with Crippen LogP contribution in [-0.4, -0.2) is 5.11 Å². The first-order valence-corrected chi connectivity index (χ1v) is 3.53. The van der Waals surface area contributed by atoms with E-state index >= 15 is 0 Å². The van der Waals surface area contributed by atoms with Gasteiger partial charge in [0.25, 0.3) is 0 Å². The molecule has 1 aliphatic carbocycles. The maximum Gasteiger partial charge on any atom is 0.0966 e. The van der Waals surface area contributed by atoms with Crippen molar-refractivity contribution in [3.05, 3.63) is 35.1 Å². The van der Waals surface area contributed by atoms with E-state index in [2.05, 4.69) is 6.92 Å². The zero-order chi connectivity index (χ0) is 7.56. The Balaban J connectivity index is 2.92. The Morgan fingerprint density at radius 2 is 2.30 bits per heavy atom. The zero-order valence-electron chi connectivity index (χ0n) is 6.39. The minimum Gasteiger partial charge on any atom is -0.512 e. The van der Waals surface area contributed by atoms with Crippen LogP contribution in [0.1, 0.15) is 20.3 Å². The highest BCUT2D eigenvalue weighted by atomic mass is 16.3. The number of allylic oxidation sites excluding steroid dienone is 6. The van der Waals surface area contributed by atoms with Gasteiger partial charge in [-0.05, 0) is 18.9 Å². The smallest absolute Gasteiger partial charge is 0.0966 e. The lowest BCUT2D eigenvalue weighted by Gasteiger charge is -2.00. The summed E-state index contributed by atoms with van der Waals surface area (Å²) in [7, 11) is 0. The minimum atomic E-state index is 0.418. The van der Waals surface area contributed by atoms with E-state index in [1.54, 1.807) is 6.92 Å². The molecule has 0 saturated heterocycles. The molecule has 1 rings (SSSR count). The van der Waals surface area contributed by atoms with Gasteiger partial charge in [-0.1, -0.05) is 25.2 Å². The summed E-state index contributed by atoms with van der Waals surface area (Å²) in [5.41, 5.74) is 2.21. The van der Waals surface area contributed by atoms with Crippen molar-refractivity contribution in [2.24, 2.45) is 0 Å². The Morgan fingerprint density at radius 3 is 2.70 bits per heavy atom. The summed E-state index contributed by atoms with van der Waals surface area (Å²) in [6, 6.07) is 0. The van der Waals surface area contributed by atoms with Gasteiger partial charge in [-0.25, -0.2) is 0 Å². The van der Waals surface area contributed by atoms with Gasteiger partial charge in [0.2, 0.25) is 0 Å². The Kier molecular flexibility index (Phi) is 1.95. The molecule has 1 nitrogen and oxygen atoms in total. The van der Waals surface area contributed by atoms with Crippen LogP contribution in [0.5, 0.6) is 0 Å². The van der Waals surface area contributed by atoms with Gasteiger partial charge in [0, 0.05) is 5.57 Å². The highest BCUT2D eigenvalue weighted by Gasteiger charge is 2.06. The topological polar surface area (TPSA) is 20.2 Å². The van der Waals surface area contributed by atoms with Crippen LogP contribution in [0.3, 0.4) is 0 Å². The van der Waals surface area contributed by atoms with Crippen molar-refractivity contribution in [3.63, 3.8) is 0 Å². The van der Waals surface area contributed by atoms with Gasteiger partial charge in [-0.2, -0.15) is 0 Å². The lowest BCUT2D eigenvalue weighted by Crippen LogP contribution is -1.85. The molecule has 0 aromatic rings. The van der Waals surface area contributed by atoms with E-state index in [4.69, 9.17) is 5.11 Å². The third-order valence-electron chi connectivity index (χ3n) is 1.68. The molecule has 0 saturated carbocycles. The molecule has 0 fully saturated rings. The van der Waals surface area contributed by atoms with Gasteiger partial charge in [-0.3, -0.25) is 0 Å². The fourth-order valence-corrected chi connectivity index (χ4v) is 1.12. The fourth-order valence-electron chi connectivity index (χ4n) is 1.12. The molecule has 0 heterocycles. The summed E-state index contributed by atoms with van der Waals surface area (Å²) >= 11 is 0. The van der Waals surface area contributed by atoms with Gasteiger partial charge >= 0.3 is 0 Å². The van der Waals surface area contributed by atoms with Crippen molar-refractivity contribution in [2.45, 2.75) is 20.3 Å². The Bertz CT molecular complexity index is 215. The molecule has 1 aliphatic rings. The first-order valence-electron chi connectivity index (χ1n) is 3.53. The molecule has 0 atom stereocenters. The summed E-state index contributed by atoms with van der Waals surface area (Å²) in [6.45, 7) is 3.80. The van der Waals surface area contributed by atoms with Gasteiger partial charge in [0.05, 0.1) is 5.76 Å². The molecule has 1 N–H and O–H groups in total. The molecule has 0 aliphatic heterocycles. The molecule has 0 unspecified atom stereocenters. The normalized spacial score (nSPS) is 21.2. The van der Waals surface area contributed by atoms with E-state index in [0.717, 1.165) is 12.0 Å². The van der Waals surface area contributed by atoms with Crippen molar-refractivity contribution in [3.8, 4) is 0 Å². The van der Waals surface area contributed by atoms with Crippen molar-refractivity contribution in [1.29, 1.82) is 0 Å². The van der Waals surface area contributed by atoms with Crippen LogP contribution < -0.4 is 0 Å². The largest absolute Gasteiger partial charge is 0.512 e. The average Bonchev–Trinajstić information content (AvgIpc) is 2.33. The van der Waals surface area contributed by atoms with E-state index in [-0.39, 0.29) is 0 Å². The molecular weight excluding hydrogens is 124 g/mol. The molecule has 0 amide bonds. The molecule has 0 spiro atoms. The minimum absolute atomic E-state index is 0.418. The Morgan fingerprint density at radius 1 is 1.60 bits per heavy atom. The van der Waals surface area contributed by atoms with Gasteiger partial charge in [0.15, 0.2) is 0 Å². The standard InChI is InChI=1S/C9H12O/c1-3-8-5-4-6-9(8)7(2)10/h4-6,10H,3H2,1-2H3/b9-7-. The predicted octanol–water partition coefficient (Wildman–Crippen LogP) is 2.72. The molecule has 0 radical (unpaired) electrons. The van der Waals surface area contributed by atoms with Crippen LogP contribution >= 0.6 is 0 Å². The number of aliphatic hydroxyl groups excluding tert-OH is 1. The van der Waals surface area contributed by atoms with E-state index in [0.29, 0.717) is 5.76 Å². The molecule has 10 heavy (non-hydrogen) atoms. The number of hydrogen-bond donors (Lipinski definition) is 1. The summed E-state index contributed by atoms with van der Waals surface area (Å²) in [6.07, 6.45) is 6.93. The second kappa shape index (κ2) is 2.74. The molecular formula is C9H12O.